The van der Waals surface area contributed by atoms with Crippen LogP contribution in [-0.2, 0) is 0 Å². The second-order valence-electron chi connectivity index (χ2n) is 3.88. The molecule has 2 aliphatic rings. The van der Waals surface area contributed by atoms with E-state index in [1.807, 2.05) is 0 Å². The van der Waals surface area contributed by atoms with Crippen molar-refractivity contribution < 1.29 is 0 Å². The van der Waals surface area contributed by atoms with Crippen molar-refractivity contribution in [1.82, 2.24) is 4.84 Å². The summed E-state index contributed by atoms with van der Waals surface area (Å²) >= 11 is 5.54. The molecule has 10 heavy (non-hydrogen) atoms. The molecule has 58 valence electrons. The summed E-state index contributed by atoms with van der Waals surface area (Å²) in [6.07, 6.45) is 8.39. The highest BCUT2D eigenvalue weighted by molar-refractivity contribution is 6.13. The molecular formula is C8H14ClN. The zero-order valence-electron chi connectivity index (χ0n) is 6.20. The minimum absolute atomic E-state index is 0.605. The lowest BCUT2D eigenvalue weighted by Gasteiger charge is -2.26. The van der Waals surface area contributed by atoms with E-state index in [0.717, 1.165) is 5.41 Å². The van der Waals surface area contributed by atoms with Gasteiger partial charge in [-0.05, 0) is 55.7 Å². The number of hydrogen-bond donors (Lipinski definition) is 1. The van der Waals surface area contributed by atoms with Gasteiger partial charge in [0.15, 0.2) is 0 Å². The lowest BCUT2D eigenvalue weighted by Crippen LogP contribution is -2.27. The molecule has 2 aliphatic carbocycles. The van der Waals surface area contributed by atoms with Crippen LogP contribution in [0.25, 0.3) is 0 Å². The number of rotatable bonds is 1. The first-order valence-corrected chi connectivity index (χ1v) is 4.59. The third-order valence-corrected chi connectivity index (χ3v) is 3.47. The SMILES string of the molecule is ClNC1CCC2(CC1)CC2. The Morgan fingerprint density at radius 1 is 1.10 bits per heavy atom. The van der Waals surface area contributed by atoms with Gasteiger partial charge in [0, 0.05) is 6.04 Å². The van der Waals surface area contributed by atoms with Crippen LogP contribution in [-0.4, -0.2) is 6.04 Å². The Balaban J connectivity index is 1.84. The third kappa shape index (κ3) is 1.17. The molecule has 2 saturated carbocycles. The molecule has 0 heterocycles. The van der Waals surface area contributed by atoms with Gasteiger partial charge >= 0.3 is 0 Å². The molecule has 2 heteroatoms. The minimum atomic E-state index is 0.605. The van der Waals surface area contributed by atoms with Crippen molar-refractivity contribution in [2.45, 2.75) is 44.6 Å². The number of halogens is 1. The van der Waals surface area contributed by atoms with Crippen LogP contribution in [0.3, 0.4) is 0 Å². The monoisotopic (exact) mass is 159 g/mol. The maximum atomic E-state index is 5.54. The molecule has 0 unspecified atom stereocenters. The van der Waals surface area contributed by atoms with Crippen molar-refractivity contribution in [1.29, 1.82) is 0 Å². The molecule has 2 rings (SSSR count). The summed E-state index contributed by atoms with van der Waals surface area (Å²) in [5.74, 6) is 0. The van der Waals surface area contributed by atoms with Crippen LogP contribution >= 0.6 is 11.8 Å². The summed E-state index contributed by atoms with van der Waals surface area (Å²) in [4.78, 5) is 2.84. The quantitative estimate of drug-likeness (QED) is 0.580. The topological polar surface area (TPSA) is 12.0 Å². The first-order valence-electron chi connectivity index (χ1n) is 4.21. The van der Waals surface area contributed by atoms with Crippen molar-refractivity contribution in [2.24, 2.45) is 5.41 Å². The van der Waals surface area contributed by atoms with Crippen molar-refractivity contribution in [3.63, 3.8) is 0 Å². The zero-order valence-corrected chi connectivity index (χ0v) is 6.95. The molecule has 1 N–H and O–H groups in total. The van der Waals surface area contributed by atoms with Crippen molar-refractivity contribution in [3.05, 3.63) is 0 Å². The van der Waals surface area contributed by atoms with Gasteiger partial charge < -0.3 is 0 Å². The van der Waals surface area contributed by atoms with Crippen LogP contribution in [0, 0.1) is 5.41 Å². The fourth-order valence-electron chi connectivity index (χ4n) is 2.02. The van der Waals surface area contributed by atoms with Gasteiger partial charge in [0.25, 0.3) is 0 Å². The van der Waals surface area contributed by atoms with Gasteiger partial charge in [-0.15, -0.1) is 0 Å². The maximum Gasteiger partial charge on any atom is 0.0221 e. The Labute approximate surface area is 67.2 Å². The van der Waals surface area contributed by atoms with Crippen LogP contribution in [0.4, 0.5) is 0 Å². The molecule has 0 amide bonds. The molecule has 0 aromatic heterocycles. The second kappa shape index (κ2) is 2.38. The Bertz CT molecular complexity index is 121. The van der Waals surface area contributed by atoms with Crippen LogP contribution in [0.2, 0.25) is 0 Å². The minimum Gasteiger partial charge on any atom is -0.230 e. The molecule has 0 aromatic rings. The van der Waals surface area contributed by atoms with E-state index < -0.39 is 0 Å². The van der Waals surface area contributed by atoms with Crippen LogP contribution in [0.5, 0.6) is 0 Å². The summed E-state index contributed by atoms with van der Waals surface area (Å²) in [5.41, 5.74) is 0.810. The van der Waals surface area contributed by atoms with Gasteiger partial charge in [-0.25, -0.2) is 4.84 Å². The highest BCUT2D eigenvalue weighted by Crippen LogP contribution is 2.56. The standard InChI is InChI=1S/C8H14ClN/c9-10-7-1-3-8(4-2-7)5-6-8/h7,10H,1-6H2. The van der Waals surface area contributed by atoms with E-state index >= 15 is 0 Å². The van der Waals surface area contributed by atoms with E-state index in [1.165, 1.54) is 38.5 Å². The fourth-order valence-corrected chi connectivity index (χ4v) is 2.23. The summed E-state index contributed by atoms with van der Waals surface area (Å²) < 4.78 is 0. The molecule has 1 nitrogen and oxygen atoms in total. The Morgan fingerprint density at radius 2 is 1.70 bits per heavy atom. The molecule has 0 aliphatic heterocycles. The predicted molar refractivity (Wildman–Crippen MR) is 42.9 cm³/mol. The van der Waals surface area contributed by atoms with Gasteiger partial charge in [0.05, 0.1) is 0 Å². The van der Waals surface area contributed by atoms with Crippen molar-refractivity contribution in [2.75, 3.05) is 0 Å². The molecule has 1 spiro atoms. The highest BCUT2D eigenvalue weighted by Gasteiger charge is 2.44. The van der Waals surface area contributed by atoms with Crippen LogP contribution < -0.4 is 4.84 Å². The smallest absolute Gasteiger partial charge is 0.0221 e. The Kier molecular flexibility index (Phi) is 1.65. The van der Waals surface area contributed by atoms with E-state index in [-0.39, 0.29) is 0 Å². The molecular weight excluding hydrogens is 146 g/mol. The first kappa shape index (κ1) is 6.93. The number of nitrogens with one attached hydrogen (secondary N) is 1. The van der Waals surface area contributed by atoms with E-state index in [2.05, 4.69) is 4.84 Å². The average molecular weight is 160 g/mol. The molecule has 0 bridgehead atoms. The highest BCUT2D eigenvalue weighted by atomic mass is 35.5. The summed E-state index contributed by atoms with van der Waals surface area (Å²) in [6.45, 7) is 0. The van der Waals surface area contributed by atoms with Crippen molar-refractivity contribution >= 4 is 11.8 Å². The first-order chi connectivity index (χ1) is 4.85. The fraction of sp³-hybridized carbons (Fsp3) is 1.00. The molecule has 0 aromatic carbocycles. The average Bonchev–Trinajstić information content (AvgIpc) is 2.72. The summed E-state index contributed by atoms with van der Waals surface area (Å²) in [5, 5.41) is 0. The van der Waals surface area contributed by atoms with Crippen molar-refractivity contribution in [3.8, 4) is 0 Å². The molecule has 2 fully saturated rings. The lowest BCUT2D eigenvalue weighted by molar-refractivity contribution is 0.296. The number of hydrogen-bond acceptors (Lipinski definition) is 1. The van der Waals surface area contributed by atoms with E-state index in [4.69, 9.17) is 11.8 Å². The Hall–Kier alpha value is 0.250. The normalized spacial score (nSPS) is 30.9. The lowest BCUT2D eigenvalue weighted by atomic mass is 9.84. The third-order valence-electron chi connectivity index (χ3n) is 3.16. The van der Waals surface area contributed by atoms with Crippen LogP contribution in [0.1, 0.15) is 38.5 Å². The van der Waals surface area contributed by atoms with Gasteiger partial charge in [0.1, 0.15) is 0 Å². The summed E-state index contributed by atoms with van der Waals surface area (Å²) in [7, 11) is 0. The zero-order chi connectivity index (χ0) is 7.03. The maximum absolute atomic E-state index is 5.54. The van der Waals surface area contributed by atoms with Gasteiger partial charge in [0.2, 0.25) is 0 Å². The summed E-state index contributed by atoms with van der Waals surface area (Å²) in [6, 6.07) is 0.605. The second-order valence-corrected chi connectivity index (χ2v) is 4.10. The van der Waals surface area contributed by atoms with E-state index in [1.54, 1.807) is 0 Å². The predicted octanol–water partition coefficient (Wildman–Crippen LogP) is 2.45. The molecule has 0 saturated heterocycles. The Morgan fingerprint density at radius 3 is 2.10 bits per heavy atom. The van der Waals surface area contributed by atoms with Gasteiger partial charge in [-0.3, -0.25) is 0 Å². The van der Waals surface area contributed by atoms with E-state index in [9.17, 15) is 0 Å². The van der Waals surface area contributed by atoms with Gasteiger partial charge in [-0.2, -0.15) is 0 Å². The molecule has 0 radical (unpaired) electrons. The van der Waals surface area contributed by atoms with Gasteiger partial charge in [-0.1, -0.05) is 0 Å². The van der Waals surface area contributed by atoms with E-state index in [0.29, 0.717) is 6.04 Å². The van der Waals surface area contributed by atoms with Crippen LogP contribution in [0.15, 0.2) is 0 Å². The largest absolute Gasteiger partial charge is 0.230 e. The molecule has 0 atom stereocenters.